The van der Waals surface area contributed by atoms with Gasteiger partial charge in [0.25, 0.3) is 0 Å². The van der Waals surface area contributed by atoms with E-state index in [0.717, 1.165) is 32.3 Å². The zero-order valence-corrected chi connectivity index (χ0v) is 20.8. The van der Waals surface area contributed by atoms with Crippen molar-refractivity contribution in [1.82, 2.24) is 4.98 Å². The summed E-state index contributed by atoms with van der Waals surface area (Å²) < 4.78 is 1.43. The summed E-state index contributed by atoms with van der Waals surface area (Å²) >= 11 is 4.93. The Hall–Kier alpha value is -4.23. The summed E-state index contributed by atoms with van der Waals surface area (Å²) in [5.74, 6) is 0. The molecule has 0 atom stereocenters. The molecule has 1 heterocycles. The van der Waals surface area contributed by atoms with E-state index in [1.807, 2.05) is 48.6 Å². The second-order valence-corrected chi connectivity index (χ2v) is 9.52. The molecule has 35 heavy (non-hydrogen) atoms. The molecule has 1 aromatic heterocycles. The van der Waals surface area contributed by atoms with E-state index in [9.17, 15) is 10.5 Å². The molecule has 0 amide bonds. The molecule has 5 rings (SSSR count). The van der Waals surface area contributed by atoms with Gasteiger partial charge in [-0.05, 0) is 70.0 Å². The number of anilines is 3. The maximum atomic E-state index is 9.38. The summed E-state index contributed by atoms with van der Waals surface area (Å²) in [5, 5.41) is 19.5. The molecule has 4 nitrogen and oxygen atoms in total. The maximum absolute atomic E-state index is 9.38. The summed E-state index contributed by atoms with van der Waals surface area (Å²) in [5.41, 5.74) is 5.66. The molecule has 0 unspecified atom stereocenters. The first-order chi connectivity index (χ1) is 17.2. The number of para-hydroxylation sites is 2. The number of benzene rings is 4. The van der Waals surface area contributed by atoms with E-state index in [1.54, 1.807) is 6.07 Å². The highest BCUT2D eigenvalue weighted by Crippen LogP contribution is 2.35. The van der Waals surface area contributed by atoms with E-state index >= 15 is 0 Å². The van der Waals surface area contributed by atoms with Gasteiger partial charge in [-0.2, -0.15) is 10.5 Å². The zero-order chi connectivity index (χ0) is 24.2. The Labute approximate surface area is 215 Å². The first-order valence-electron chi connectivity index (χ1n) is 10.8. The molecule has 0 aliphatic heterocycles. The minimum absolute atomic E-state index is 0.317. The highest BCUT2D eigenvalue weighted by Gasteiger charge is 2.15. The SMILES string of the molecule is N#Cc1cc2sc(/C=C/c3ccc(N(c4ccccc4)c4ccccc4)cc3)nc2c(Br)c1C#N. The van der Waals surface area contributed by atoms with Gasteiger partial charge in [-0.25, -0.2) is 4.98 Å². The number of nitrogens with zero attached hydrogens (tertiary/aromatic N) is 4. The summed E-state index contributed by atoms with van der Waals surface area (Å²) in [7, 11) is 0. The van der Waals surface area contributed by atoms with Crippen LogP contribution in [-0.4, -0.2) is 4.98 Å². The number of fused-ring (bicyclic) bond motifs is 1. The van der Waals surface area contributed by atoms with Gasteiger partial charge in [0.05, 0.1) is 25.8 Å². The van der Waals surface area contributed by atoms with Crippen molar-refractivity contribution in [3.8, 4) is 12.1 Å². The third-order valence-corrected chi connectivity index (χ3v) is 7.21. The molecule has 0 fully saturated rings. The van der Waals surface area contributed by atoms with E-state index in [4.69, 9.17) is 0 Å². The number of nitriles is 2. The third kappa shape index (κ3) is 4.58. The van der Waals surface area contributed by atoms with Gasteiger partial charge in [-0.15, -0.1) is 11.3 Å². The lowest BCUT2D eigenvalue weighted by molar-refractivity contribution is 1.28. The van der Waals surface area contributed by atoms with Crippen molar-refractivity contribution in [2.24, 2.45) is 0 Å². The number of hydrogen-bond donors (Lipinski definition) is 0. The average Bonchev–Trinajstić information content (AvgIpc) is 3.33. The fraction of sp³-hybridized carbons (Fsp3) is 0. The Kier molecular flexibility index (Phi) is 6.41. The van der Waals surface area contributed by atoms with E-state index in [2.05, 4.69) is 86.5 Å². The first-order valence-corrected chi connectivity index (χ1v) is 12.4. The minimum atomic E-state index is 0.317. The highest BCUT2D eigenvalue weighted by molar-refractivity contribution is 9.10. The van der Waals surface area contributed by atoms with E-state index < -0.39 is 0 Å². The van der Waals surface area contributed by atoms with E-state index in [1.165, 1.54) is 11.3 Å². The summed E-state index contributed by atoms with van der Waals surface area (Å²) in [6.45, 7) is 0. The molecular weight excluding hydrogens is 516 g/mol. The lowest BCUT2D eigenvalue weighted by Gasteiger charge is -2.25. The van der Waals surface area contributed by atoms with Gasteiger partial charge in [-0.3, -0.25) is 0 Å². The number of rotatable bonds is 5. The molecule has 6 heteroatoms. The first kappa shape index (κ1) is 22.6. The minimum Gasteiger partial charge on any atom is -0.311 e. The van der Waals surface area contributed by atoms with Crippen molar-refractivity contribution in [2.75, 3.05) is 4.90 Å². The number of thiazole rings is 1. The van der Waals surface area contributed by atoms with Crippen LogP contribution in [0.4, 0.5) is 17.1 Å². The van der Waals surface area contributed by atoms with Gasteiger partial charge in [0.1, 0.15) is 17.1 Å². The van der Waals surface area contributed by atoms with Crippen LogP contribution in [0.5, 0.6) is 0 Å². The van der Waals surface area contributed by atoms with E-state index in [-0.39, 0.29) is 0 Å². The van der Waals surface area contributed by atoms with E-state index in [0.29, 0.717) is 21.1 Å². The predicted molar refractivity (Wildman–Crippen MR) is 147 cm³/mol. The topological polar surface area (TPSA) is 63.7 Å². The largest absolute Gasteiger partial charge is 0.311 e. The quantitative estimate of drug-likeness (QED) is 0.227. The van der Waals surface area contributed by atoms with Gasteiger partial charge in [0, 0.05) is 17.1 Å². The standard InChI is InChI=1S/C29H17BrN4S/c30-28-25(19-32)21(18-31)17-26-29(28)33-27(35-26)16-13-20-11-14-24(15-12-20)34(22-7-3-1-4-8-22)23-9-5-2-6-10-23/h1-17H/b16-13+. The highest BCUT2D eigenvalue weighted by atomic mass is 79.9. The number of aromatic nitrogens is 1. The zero-order valence-electron chi connectivity index (χ0n) is 18.4. The van der Waals surface area contributed by atoms with Crippen LogP contribution in [0.15, 0.2) is 95.5 Å². The monoisotopic (exact) mass is 532 g/mol. The van der Waals surface area contributed by atoms with Crippen LogP contribution in [0.2, 0.25) is 0 Å². The van der Waals surface area contributed by atoms with Crippen LogP contribution >= 0.6 is 27.3 Å². The Balaban J connectivity index is 1.44. The van der Waals surface area contributed by atoms with Crippen LogP contribution < -0.4 is 4.90 Å². The molecule has 5 aromatic rings. The van der Waals surface area contributed by atoms with Crippen LogP contribution in [-0.2, 0) is 0 Å². The Bertz CT molecular complexity index is 1570. The van der Waals surface area contributed by atoms with Crippen molar-refractivity contribution in [3.05, 3.63) is 117 Å². The molecule has 0 aliphatic carbocycles. The number of halogens is 1. The lowest BCUT2D eigenvalue weighted by Crippen LogP contribution is -2.09. The van der Waals surface area contributed by atoms with Gasteiger partial charge in [0.2, 0.25) is 0 Å². The normalized spacial score (nSPS) is 10.8. The van der Waals surface area contributed by atoms with Crippen LogP contribution in [0.3, 0.4) is 0 Å². The van der Waals surface area contributed by atoms with Crippen LogP contribution in [0.1, 0.15) is 21.7 Å². The van der Waals surface area contributed by atoms with Crippen molar-refractivity contribution in [1.29, 1.82) is 10.5 Å². The molecule has 0 aliphatic rings. The van der Waals surface area contributed by atoms with Crippen LogP contribution in [0.25, 0.3) is 22.4 Å². The Morgan fingerprint density at radius 1 is 0.771 bits per heavy atom. The van der Waals surface area contributed by atoms with Crippen molar-refractivity contribution >= 4 is 66.7 Å². The summed E-state index contributed by atoms with van der Waals surface area (Å²) in [6, 6.07) is 34.9. The fourth-order valence-electron chi connectivity index (χ4n) is 3.82. The Morgan fingerprint density at radius 3 is 1.94 bits per heavy atom. The fourth-order valence-corrected chi connectivity index (χ4v) is 5.47. The maximum Gasteiger partial charge on any atom is 0.117 e. The second-order valence-electron chi connectivity index (χ2n) is 7.67. The molecule has 0 saturated heterocycles. The van der Waals surface area contributed by atoms with Gasteiger partial charge in [-0.1, -0.05) is 54.6 Å². The summed E-state index contributed by atoms with van der Waals surface area (Å²) in [4.78, 5) is 6.87. The molecule has 166 valence electrons. The summed E-state index contributed by atoms with van der Waals surface area (Å²) in [6.07, 6.45) is 3.97. The molecule has 0 saturated carbocycles. The molecular formula is C29H17BrN4S. The molecule has 0 bridgehead atoms. The molecule has 0 spiro atoms. The molecule has 4 aromatic carbocycles. The van der Waals surface area contributed by atoms with Crippen molar-refractivity contribution < 1.29 is 0 Å². The van der Waals surface area contributed by atoms with Gasteiger partial charge in [0.15, 0.2) is 0 Å². The van der Waals surface area contributed by atoms with Crippen molar-refractivity contribution in [3.63, 3.8) is 0 Å². The number of hydrogen-bond acceptors (Lipinski definition) is 5. The Morgan fingerprint density at radius 2 is 1.37 bits per heavy atom. The lowest BCUT2D eigenvalue weighted by atomic mass is 10.1. The molecule has 0 N–H and O–H groups in total. The molecule has 0 radical (unpaired) electrons. The predicted octanol–water partition coefficient (Wildman–Crippen LogP) is 8.44. The smallest absolute Gasteiger partial charge is 0.117 e. The third-order valence-electron chi connectivity index (χ3n) is 5.47. The van der Waals surface area contributed by atoms with Gasteiger partial charge >= 0.3 is 0 Å². The van der Waals surface area contributed by atoms with Crippen molar-refractivity contribution in [2.45, 2.75) is 0 Å². The average molecular weight is 533 g/mol. The van der Waals surface area contributed by atoms with Crippen LogP contribution in [0, 0.1) is 22.7 Å². The van der Waals surface area contributed by atoms with Gasteiger partial charge < -0.3 is 4.90 Å². The second kappa shape index (κ2) is 9.95.